The van der Waals surface area contributed by atoms with Gasteiger partial charge in [0, 0.05) is 19.0 Å². The first-order valence-electron chi connectivity index (χ1n) is 11.8. The summed E-state index contributed by atoms with van der Waals surface area (Å²) >= 11 is 0. The Morgan fingerprint density at radius 2 is 1.85 bits per heavy atom. The summed E-state index contributed by atoms with van der Waals surface area (Å²) in [6.07, 6.45) is -1.94. The van der Waals surface area contributed by atoms with Crippen molar-refractivity contribution < 1.29 is 52.0 Å². The summed E-state index contributed by atoms with van der Waals surface area (Å²) in [5.41, 5.74) is 11.1. The Hall–Kier alpha value is -2.87. The van der Waals surface area contributed by atoms with Crippen molar-refractivity contribution >= 4 is 38.4 Å². The Balaban J connectivity index is 1.24. The lowest BCUT2D eigenvalue weighted by Gasteiger charge is -2.22. The molecule has 223 valence electrons. The van der Waals surface area contributed by atoms with Crippen LogP contribution in [0.15, 0.2) is 29.7 Å². The van der Waals surface area contributed by atoms with E-state index in [1.54, 1.807) is 0 Å². The first kappa shape index (κ1) is 29.6. The zero-order valence-electron chi connectivity index (χ0n) is 20.8. The van der Waals surface area contributed by atoms with E-state index in [4.69, 9.17) is 39.8 Å². The molecule has 22 heteroatoms. The number of anilines is 2. The minimum absolute atomic E-state index is 0.0522. The van der Waals surface area contributed by atoms with Crippen LogP contribution in [0.4, 0.5) is 11.6 Å². The molecular formula is C19H25N8O12P2. The average Bonchev–Trinajstić information content (AvgIpc) is 3.58. The van der Waals surface area contributed by atoms with Gasteiger partial charge in [0.1, 0.15) is 42.2 Å². The number of fused-ring (bicyclic) bond motifs is 1. The van der Waals surface area contributed by atoms with E-state index in [2.05, 4.69) is 24.5 Å². The second-order valence-corrected chi connectivity index (χ2v) is 11.6. The molecule has 0 aromatic carbocycles. The first-order valence-corrected chi connectivity index (χ1v) is 14.8. The van der Waals surface area contributed by atoms with Gasteiger partial charge >= 0.3 is 21.3 Å². The van der Waals surface area contributed by atoms with Crippen LogP contribution in [0.1, 0.15) is 18.9 Å². The van der Waals surface area contributed by atoms with Gasteiger partial charge < -0.3 is 40.7 Å². The van der Waals surface area contributed by atoms with E-state index in [9.17, 15) is 23.9 Å². The number of hydrogen-bond donors (Lipinski definition) is 6. The summed E-state index contributed by atoms with van der Waals surface area (Å²) in [6.45, 7) is -1.28. The van der Waals surface area contributed by atoms with Crippen LogP contribution in [-0.2, 0) is 32.2 Å². The fraction of sp³-hybridized carbons (Fsp3) is 0.474. The lowest BCUT2D eigenvalue weighted by atomic mass is 10.2. The number of nitrogens with zero attached hydrogens (tertiary/aromatic N) is 6. The minimum Gasteiger partial charge on any atom is -0.388 e. The van der Waals surface area contributed by atoms with Gasteiger partial charge in [-0.2, -0.15) is 4.98 Å². The van der Waals surface area contributed by atoms with Gasteiger partial charge in [0.15, 0.2) is 17.7 Å². The third-order valence-corrected chi connectivity index (χ3v) is 7.60. The topological polar surface area (TPSA) is 292 Å². The summed E-state index contributed by atoms with van der Waals surface area (Å²) in [6, 6.07) is 1.31. The molecule has 1 radical (unpaired) electrons. The lowest BCUT2D eigenvalue weighted by Crippen LogP contribution is -2.29. The van der Waals surface area contributed by atoms with Gasteiger partial charge in [-0.15, -0.1) is 0 Å². The molecule has 2 aliphatic heterocycles. The maximum absolute atomic E-state index is 12.8. The monoisotopic (exact) mass is 619 g/mol. The fourth-order valence-electron chi connectivity index (χ4n) is 4.32. The molecule has 0 bridgehead atoms. The molecule has 20 nitrogen and oxygen atoms in total. The molecule has 7 atom stereocenters. The van der Waals surface area contributed by atoms with Gasteiger partial charge in [-0.25, -0.2) is 28.9 Å². The first-order chi connectivity index (χ1) is 19.3. The summed E-state index contributed by atoms with van der Waals surface area (Å²) in [5, 5.41) is 10.5. The van der Waals surface area contributed by atoms with Crippen LogP contribution in [0.5, 0.6) is 0 Å². The van der Waals surface area contributed by atoms with Crippen LogP contribution in [0, 0.1) is 6.42 Å². The van der Waals surface area contributed by atoms with Crippen molar-refractivity contribution in [3.8, 4) is 0 Å². The second kappa shape index (κ2) is 11.4. The van der Waals surface area contributed by atoms with E-state index in [0.29, 0.717) is 11.2 Å². The molecule has 2 aliphatic rings. The van der Waals surface area contributed by atoms with E-state index < -0.39 is 71.4 Å². The molecule has 0 aliphatic carbocycles. The van der Waals surface area contributed by atoms with Crippen molar-refractivity contribution in [1.29, 1.82) is 0 Å². The van der Waals surface area contributed by atoms with Crippen molar-refractivity contribution in [2.24, 2.45) is 0 Å². The fourth-order valence-corrected chi connectivity index (χ4v) is 5.62. The smallest absolute Gasteiger partial charge is 0.388 e. The third-order valence-electron chi connectivity index (χ3n) is 6.10. The summed E-state index contributed by atoms with van der Waals surface area (Å²) in [4.78, 5) is 56.4. The van der Waals surface area contributed by atoms with Crippen LogP contribution < -0.4 is 17.2 Å². The van der Waals surface area contributed by atoms with Crippen molar-refractivity contribution in [2.75, 3.05) is 24.7 Å². The summed E-state index contributed by atoms with van der Waals surface area (Å²) in [5.74, 6) is 0.0761. The Morgan fingerprint density at radius 3 is 2.59 bits per heavy atom. The highest BCUT2D eigenvalue weighted by atomic mass is 31.2. The van der Waals surface area contributed by atoms with Gasteiger partial charge in [-0.1, -0.05) is 0 Å². The quantitative estimate of drug-likeness (QED) is 0.142. The summed E-state index contributed by atoms with van der Waals surface area (Å²) in [7, 11) is -9.81. The maximum atomic E-state index is 12.8. The summed E-state index contributed by atoms with van der Waals surface area (Å²) < 4.78 is 52.6. The number of phosphoric ester groups is 2. The number of aliphatic hydroxyl groups excluding tert-OH is 1. The van der Waals surface area contributed by atoms with Gasteiger partial charge in [-0.05, 0) is 6.07 Å². The number of nitrogen functional groups attached to an aromatic ring is 2. The van der Waals surface area contributed by atoms with Crippen LogP contribution in [0.25, 0.3) is 11.2 Å². The van der Waals surface area contributed by atoms with Gasteiger partial charge in [0.2, 0.25) is 0 Å². The lowest BCUT2D eigenvalue weighted by molar-refractivity contribution is -0.0558. The predicted molar refractivity (Wildman–Crippen MR) is 134 cm³/mol. The number of phosphoric acid groups is 2. The Labute approximate surface area is 229 Å². The largest absolute Gasteiger partial charge is 0.472 e. The Bertz CT molecular complexity index is 1560. The molecule has 5 heterocycles. The second-order valence-electron chi connectivity index (χ2n) is 8.93. The Kier molecular flexibility index (Phi) is 8.25. The van der Waals surface area contributed by atoms with E-state index >= 15 is 0 Å². The van der Waals surface area contributed by atoms with Gasteiger partial charge in [-0.3, -0.25) is 22.7 Å². The number of aromatic nitrogens is 6. The van der Waals surface area contributed by atoms with Crippen molar-refractivity contribution in [1.82, 2.24) is 29.1 Å². The molecule has 3 aromatic heterocycles. The highest BCUT2D eigenvalue weighted by Gasteiger charge is 2.44. The molecule has 0 amide bonds. The standard InChI is InChI=1S/C19H25N8O12P2/c20-13-1-2-26(19(29)25-13)14-4-11(12(38-14)6-35-40(30,31)32)39-41(33,34)36-5-9-3-10(28)18(37-9)27-8-24-15-16(21)22-7-23-17(15)27/h1-3,7-12,14,18,28H,4-6H2,(H,33,34)(H2,20,25,29)(H2,21,22,23)(H2,30,31,32)/t9-,10-,11+,12-,14-,18-/m1/s1. The van der Waals surface area contributed by atoms with Crippen LogP contribution in [-0.4, -0.2) is 86.5 Å². The zero-order valence-corrected chi connectivity index (χ0v) is 22.5. The number of ether oxygens (including phenoxy) is 2. The Morgan fingerprint density at radius 1 is 1.07 bits per heavy atom. The molecule has 2 saturated heterocycles. The van der Waals surface area contributed by atoms with E-state index in [1.807, 2.05) is 0 Å². The zero-order chi connectivity index (χ0) is 29.5. The van der Waals surface area contributed by atoms with E-state index in [-0.39, 0.29) is 18.1 Å². The maximum Gasteiger partial charge on any atom is 0.472 e. The van der Waals surface area contributed by atoms with Crippen molar-refractivity contribution in [2.45, 2.75) is 43.3 Å². The highest BCUT2D eigenvalue weighted by molar-refractivity contribution is 7.47. The normalized spacial score (nSPS) is 28.3. The number of hydrogen-bond acceptors (Lipinski definition) is 15. The minimum atomic E-state index is -4.94. The predicted octanol–water partition coefficient (Wildman–Crippen LogP) is -1.39. The molecule has 1 unspecified atom stereocenters. The average molecular weight is 619 g/mol. The van der Waals surface area contributed by atoms with Crippen molar-refractivity contribution in [3.63, 3.8) is 0 Å². The molecular weight excluding hydrogens is 594 g/mol. The number of imidazole rings is 1. The number of rotatable bonds is 10. The van der Waals surface area contributed by atoms with Crippen molar-refractivity contribution in [3.05, 3.63) is 41.8 Å². The molecule has 8 N–H and O–H groups in total. The molecule has 0 saturated carbocycles. The molecule has 41 heavy (non-hydrogen) atoms. The van der Waals surface area contributed by atoms with Gasteiger partial charge in [0.05, 0.1) is 25.6 Å². The van der Waals surface area contributed by atoms with Crippen LogP contribution >= 0.6 is 15.6 Å². The van der Waals surface area contributed by atoms with E-state index in [0.717, 1.165) is 4.57 Å². The van der Waals surface area contributed by atoms with Crippen LogP contribution in [0.2, 0.25) is 0 Å². The van der Waals surface area contributed by atoms with Gasteiger partial charge in [0.25, 0.3) is 0 Å². The van der Waals surface area contributed by atoms with Crippen LogP contribution in [0.3, 0.4) is 0 Å². The number of nitrogens with two attached hydrogens (primary N) is 2. The number of aliphatic hydroxyl groups is 1. The molecule has 3 aromatic rings. The highest BCUT2D eigenvalue weighted by Crippen LogP contribution is 2.49. The SMILES string of the molecule is Nc1ccn([C@H]2C[C@H](OP(=O)(O)OC[C@H]3[CH][C@@H](O)[C@H](n4cnc5c(N)ncnc54)O3)[C@@H](COP(=O)(O)O)O2)c(=O)n1. The van der Waals surface area contributed by atoms with E-state index in [1.165, 1.54) is 35.9 Å². The molecule has 0 spiro atoms. The third kappa shape index (κ3) is 6.79. The molecule has 5 rings (SSSR count). The molecule has 2 fully saturated rings.